The Bertz CT molecular complexity index is 562. The lowest BCUT2D eigenvalue weighted by Crippen LogP contribution is -2.04. The molecule has 0 saturated carbocycles. The van der Waals surface area contributed by atoms with E-state index in [0.717, 1.165) is 22.6 Å². The van der Waals surface area contributed by atoms with Gasteiger partial charge >= 0.3 is 0 Å². The van der Waals surface area contributed by atoms with Crippen molar-refractivity contribution in [1.29, 1.82) is 0 Å². The standard InChI is InChI=1S/C17H21NO2/c1-12-4-9-17(19-3)15(10-12)11-20-16-7-5-14(6-8-16)13(2)18/h4-10,13H,11,18H2,1-3H3. The lowest BCUT2D eigenvalue weighted by Gasteiger charge is -2.12. The Kier molecular flexibility index (Phi) is 4.64. The van der Waals surface area contributed by atoms with E-state index >= 15 is 0 Å². The first-order valence-electron chi connectivity index (χ1n) is 6.72. The quantitative estimate of drug-likeness (QED) is 0.903. The molecule has 1 atom stereocenters. The summed E-state index contributed by atoms with van der Waals surface area (Å²) >= 11 is 0. The van der Waals surface area contributed by atoms with Crippen molar-refractivity contribution in [3.8, 4) is 11.5 Å². The molecule has 0 aromatic heterocycles. The highest BCUT2D eigenvalue weighted by Crippen LogP contribution is 2.22. The van der Waals surface area contributed by atoms with Crippen molar-refractivity contribution < 1.29 is 9.47 Å². The summed E-state index contributed by atoms with van der Waals surface area (Å²) in [6.45, 7) is 4.51. The van der Waals surface area contributed by atoms with E-state index in [4.69, 9.17) is 15.2 Å². The van der Waals surface area contributed by atoms with Gasteiger partial charge in [-0.05, 0) is 43.7 Å². The molecule has 0 bridgehead atoms. The van der Waals surface area contributed by atoms with Crippen molar-refractivity contribution >= 4 is 0 Å². The van der Waals surface area contributed by atoms with Crippen LogP contribution in [0.1, 0.15) is 29.7 Å². The maximum absolute atomic E-state index is 5.83. The maximum Gasteiger partial charge on any atom is 0.125 e. The molecule has 20 heavy (non-hydrogen) atoms. The predicted octanol–water partition coefficient (Wildman–Crippen LogP) is 3.60. The van der Waals surface area contributed by atoms with Gasteiger partial charge in [-0.1, -0.05) is 23.8 Å². The molecule has 0 fully saturated rings. The van der Waals surface area contributed by atoms with Gasteiger partial charge in [0.2, 0.25) is 0 Å². The molecule has 0 aliphatic rings. The molecule has 3 heteroatoms. The zero-order chi connectivity index (χ0) is 14.5. The zero-order valence-corrected chi connectivity index (χ0v) is 12.2. The minimum Gasteiger partial charge on any atom is -0.496 e. The molecule has 106 valence electrons. The Labute approximate surface area is 120 Å². The van der Waals surface area contributed by atoms with Crippen LogP contribution in [-0.2, 0) is 6.61 Å². The molecule has 2 rings (SSSR count). The van der Waals surface area contributed by atoms with Crippen LogP contribution in [0.15, 0.2) is 42.5 Å². The largest absolute Gasteiger partial charge is 0.496 e. The third-order valence-electron chi connectivity index (χ3n) is 3.24. The van der Waals surface area contributed by atoms with Crippen LogP contribution < -0.4 is 15.2 Å². The normalized spacial score (nSPS) is 12.0. The van der Waals surface area contributed by atoms with Crippen LogP contribution in [0.2, 0.25) is 0 Å². The molecule has 0 spiro atoms. The number of rotatable bonds is 5. The summed E-state index contributed by atoms with van der Waals surface area (Å²) in [5.74, 6) is 1.68. The Balaban J connectivity index is 2.06. The molecule has 2 aromatic rings. The van der Waals surface area contributed by atoms with E-state index in [1.54, 1.807) is 7.11 Å². The van der Waals surface area contributed by atoms with E-state index in [0.29, 0.717) is 6.61 Å². The summed E-state index contributed by atoms with van der Waals surface area (Å²) in [5, 5.41) is 0. The second-order valence-electron chi connectivity index (χ2n) is 4.96. The molecule has 3 nitrogen and oxygen atoms in total. The van der Waals surface area contributed by atoms with Crippen LogP contribution in [0.4, 0.5) is 0 Å². The van der Waals surface area contributed by atoms with Crippen molar-refractivity contribution in [2.45, 2.75) is 26.5 Å². The first-order chi connectivity index (χ1) is 9.60. The Morgan fingerprint density at radius 3 is 2.40 bits per heavy atom. The average molecular weight is 271 g/mol. The summed E-state index contributed by atoms with van der Waals surface area (Å²) in [4.78, 5) is 0. The molecule has 0 aliphatic carbocycles. The van der Waals surface area contributed by atoms with E-state index in [-0.39, 0.29) is 6.04 Å². The number of hydrogen-bond donors (Lipinski definition) is 1. The Hall–Kier alpha value is -2.00. The van der Waals surface area contributed by atoms with Crippen molar-refractivity contribution in [3.05, 3.63) is 59.2 Å². The molecule has 0 saturated heterocycles. The average Bonchev–Trinajstić information content (AvgIpc) is 2.45. The van der Waals surface area contributed by atoms with Crippen LogP contribution in [0.5, 0.6) is 11.5 Å². The SMILES string of the molecule is COc1ccc(C)cc1COc1ccc(C(C)N)cc1. The minimum absolute atomic E-state index is 0.0425. The van der Waals surface area contributed by atoms with Gasteiger partial charge in [0.05, 0.1) is 7.11 Å². The number of hydrogen-bond acceptors (Lipinski definition) is 3. The van der Waals surface area contributed by atoms with Crippen LogP contribution in [0.25, 0.3) is 0 Å². The van der Waals surface area contributed by atoms with Gasteiger partial charge in [-0.15, -0.1) is 0 Å². The third-order valence-corrected chi connectivity index (χ3v) is 3.24. The lowest BCUT2D eigenvalue weighted by molar-refractivity contribution is 0.296. The van der Waals surface area contributed by atoms with E-state index in [9.17, 15) is 0 Å². The lowest BCUT2D eigenvalue weighted by atomic mass is 10.1. The molecular formula is C17H21NO2. The van der Waals surface area contributed by atoms with Gasteiger partial charge < -0.3 is 15.2 Å². The summed E-state index contributed by atoms with van der Waals surface area (Å²) < 4.78 is 11.1. The summed E-state index contributed by atoms with van der Waals surface area (Å²) in [6, 6.07) is 14.0. The molecular weight excluding hydrogens is 250 g/mol. The number of benzene rings is 2. The summed E-state index contributed by atoms with van der Waals surface area (Å²) in [5.41, 5.74) is 9.16. The molecule has 0 amide bonds. The zero-order valence-electron chi connectivity index (χ0n) is 12.2. The van der Waals surface area contributed by atoms with E-state index in [2.05, 4.69) is 13.0 Å². The topological polar surface area (TPSA) is 44.5 Å². The van der Waals surface area contributed by atoms with Crippen LogP contribution >= 0.6 is 0 Å². The molecule has 0 heterocycles. The second-order valence-corrected chi connectivity index (χ2v) is 4.96. The highest BCUT2D eigenvalue weighted by molar-refractivity contribution is 5.37. The Morgan fingerprint density at radius 1 is 1.10 bits per heavy atom. The number of ether oxygens (including phenoxy) is 2. The van der Waals surface area contributed by atoms with Gasteiger partial charge in [-0.3, -0.25) is 0 Å². The van der Waals surface area contributed by atoms with E-state index < -0.39 is 0 Å². The Morgan fingerprint density at radius 2 is 1.80 bits per heavy atom. The molecule has 2 N–H and O–H groups in total. The number of methoxy groups -OCH3 is 1. The second kappa shape index (κ2) is 6.44. The fourth-order valence-corrected chi connectivity index (χ4v) is 2.05. The van der Waals surface area contributed by atoms with Crippen LogP contribution in [-0.4, -0.2) is 7.11 Å². The van der Waals surface area contributed by atoms with Crippen molar-refractivity contribution in [2.75, 3.05) is 7.11 Å². The maximum atomic E-state index is 5.83. The molecule has 1 unspecified atom stereocenters. The first-order valence-corrected chi connectivity index (χ1v) is 6.72. The van der Waals surface area contributed by atoms with Crippen LogP contribution in [0, 0.1) is 6.92 Å². The van der Waals surface area contributed by atoms with Gasteiger partial charge in [-0.25, -0.2) is 0 Å². The third kappa shape index (κ3) is 3.52. The highest BCUT2D eigenvalue weighted by Gasteiger charge is 2.05. The van der Waals surface area contributed by atoms with Crippen molar-refractivity contribution in [2.24, 2.45) is 5.73 Å². The van der Waals surface area contributed by atoms with Gasteiger partial charge in [0.1, 0.15) is 18.1 Å². The van der Waals surface area contributed by atoms with Crippen LogP contribution in [0.3, 0.4) is 0 Å². The number of aryl methyl sites for hydroxylation is 1. The molecule has 0 aliphatic heterocycles. The van der Waals surface area contributed by atoms with Gasteiger partial charge in [0, 0.05) is 11.6 Å². The van der Waals surface area contributed by atoms with E-state index in [1.807, 2.05) is 43.3 Å². The smallest absolute Gasteiger partial charge is 0.125 e. The highest BCUT2D eigenvalue weighted by atomic mass is 16.5. The minimum atomic E-state index is 0.0425. The summed E-state index contributed by atoms with van der Waals surface area (Å²) in [7, 11) is 1.67. The van der Waals surface area contributed by atoms with Gasteiger partial charge in [0.25, 0.3) is 0 Å². The van der Waals surface area contributed by atoms with Gasteiger partial charge in [-0.2, -0.15) is 0 Å². The number of nitrogens with two attached hydrogens (primary N) is 1. The first kappa shape index (κ1) is 14.4. The van der Waals surface area contributed by atoms with Gasteiger partial charge in [0.15, 0.2) is 0 Å². The molecule has 0 radical (unpaired) electrons. The van der Waals surface area contributed by atoms with E-state index in [1.165, 1.54) is 5.56 Å². The summed E-state index contributed by atoms with van der Waals surface area (Å²) in [6.07, 6.45) is 0. The fraction of sp³-hybridized carbons (Fsp3) is 0.294. The van der Waals surface area contributed by atoms with Crippen molar-refractivity contribution in [3.63, 3.8) is 0 Å². The van der Waals surface area contributed by atoms with Crippen molar-refractivity contribution in [1.82, 2.24) is 0 Å². The fourth-order valence-electron chi connectivity index (χ4n) is 2.05. The predicted molar refractivity (Wildman–Crippen MR) is 81.1 cm³/mol. The monoisotopic (exact) mass is 271 g/mol. The molecule has 2 aromatic carbocycles.